The number of nitrogens with zero attached hydrogens (tertiary/aromatic N) is 4. The molecule has 0 aliphatic rings. The van der Waals surface area contributed by atoms with Crippen molar-refractivity contribution in [1.29, 1.82) is 0 Å². The molecular formula is C29H42N6O4. The van der Waals surface area contributed by atoms with Crippen LogP contribution >= 0.6 is 0 Å². The molecule has 39 heavy (non-hydrogen) atoms. The predicted octanol–water partition coefficient (Wildman–Crippen LogP) is 4.34. The van der Waals surface area contributed by atoms with Crippen LogP contribution in [0.2, 0.25) is 0 Å². The Morgan fingerprint density at radius 1 is 0.692 bits per heavy atom. The summed E-state index contributed by atoms with van der Waals surface area (Å²) < 4.78 is 0. The molecular weight excluding hydrogens is 496 g/mol. The minimum atomic E-state index is -0.230. The van der Waals surface area contributed by atoms with E-state index >= 15 is 0 Å². The van der Waals surface area contributed by atoms with Gasteiger partial charge in [0.1, 0.15) is 11.5 Å². The summed E-state index contributed by atoms with van der Waals surface area (Å²) in [5.41, 5.74) is 7.84. The zero-order valence-corrected chi connectivity index (χ0v) is 23.5. The number of rotatable bonds is 16. The summed E-state index contributed by atoms with van der Waals surface area (Å²) in [5.74, 6) is -0.257. The number of amides is 2. The molecule has 0 unspecified atom stereocenters. The van der Waals surface area contributed by atoms with Gasteiger partial charge >= 0.3 is 0 Å². The highest BCUT2D eigenvalue weighted by atomic mass is 16.3. The van der Waals surface area contributed by atoms with Crippen molar-refractivity contribution in [3.63, 3.8) is 0 Å². The molecule has 212 valence electrons. The predicted molar refractivity (Wildman–Crippen MR) is 158 cm³/mol. The lowest BCUT2D eigenvalue weighted by atomic mass is 10.1. The highest BCUT2D eigenvalue weighted by molar-refractivity contribution is 5.87. The Morgan fingerprint density at radius 2 is 1.08 bits per heavy atom. The first-order valence-electron chi connectivity index (χ1n) is 13.6. The average Bonchev–Trinajstić information content (AvgIpc) is 2.92. The Morgan fingerprint density at radius 3 is 1.41 bits per heavy atom. The first-order chi connectivity index (χ1) is 18.8. The molecule has 0 radical (unpaired) electrons. The minimum absolute atomic E-state index is 0.102. The molecule has 0 aliphatic heterocycles. The third kappa shape index (κ3) is 10.3. The van der Waals surface area contributed by atoms with Gasteiger partial charge in [0.15, 0.2) is 0 Å². The SMILES string of the molecule is CCN(CC)c1ccc(/C=N\NC(=O)CCCCCC(=O)N/N=C\c2ccc(N(CC)CC)cc2O)c(O)c1. The number of carbonyl (C=O) groups is 2. The van der Waals surface area contributed by atoms with E-state index in [0.29, 0.717) is 30.4 Å². The van der Waals surface area contributed by atoms with Gasteiger partial charge in [-0.3, -0.25) is 9.59 Å². The summed E-state index contributed by atoms with van der Waals surface area (Å²) in [5, 5.41) is 28.3. The van der Waals surface area contributed by atoms with Crippen molar-refractivity contribution in [2.75, 3.05) is 36.0 Å². The first kappa shape index (κ1) is 31.1. The molecule has 2 aromatic rings. The van der Waals surface area contributed by atoms with Crippen molar-refractivity contribution >= 4 is 35.6 Å². The smallest absolute Gasteiger partial charge is 0.240 e. The van der Waals surface area contributed by atoms with Gasteiger partial charge < -0.3 is 20.0 Å². The maximum absolute atomic E-state index is 12.0. The van der Waals surface area contributed by atoms with E-state index in [-0.39, 0.29) is 36.2 Å². The van der Waals surface area contributed by atoms with Crippen LogP contribution in [0.4, 0.5) is 11.4 Å². The molecule has 0 saturated heterocycles. The highest BCUT2D eigenvalue weighted by Crippen LogP contribution is 2.24. The molecule has 2 aromatic carbocycles. The maximum Gasteiger partial charge on any atom is 0.240 e. The zero-order chi connectivity index (χ0) is 28.6. The number of benzene rings is 2. The van der Waals surface area contributed by atoms with Crippen LogP contribution in [0.15, 0.2) is 46.6 Å². The Bertz CT molecular complexity index is 1040. The van der Waals surface area contributed by atoms with Gasteiger partial charge in [0.25, 0.3) is 0 Å². The summed E-state index contributed by atoms with van der Waals surface area (Å²) in [6.07, 6.45) is 5.35. The van der Waals surface area contributed by atoms with Crippen LogP contribution < -0.4 is 20.7 Å². The maximum atomic E-state index is 12.0. The number of phenols is 2. The van der Waals surface area contributed by atoms with Crippen molar-refractivity contribution in [3.8, 4) is 11.5 Å². The van der Waals surface area contributed by atoms with E-state index in [1.54, 1.807) is 24.3 Å². The summed E-state index contributed by atoms with van der Waals surface area (Å²) in [6, 6.07) is 10.7. The van der Waals surface area contributed by atoms with Crippen molar-refractivity contribution in [2.45, 2.75) is 59.8 Å². The molecule has 2 rings (SSSR count). The second-order valence-corrected chi connectivity index (χ2v) is 8.98. The van der Waals surface area contributed by atoms with Crippen LogP contribution in [-0.2, 0) is 9.59 Å². The van der Waals surface area contributed by atoms with Gasteiger partial charge in [0.05, 0.1) is 12.4 Å². The summed E-state index contributed by atoms with van der Waals surface area (Å²) in [4.78, 5) is 28.3. The lowest BCUT2D eigenvalue weighted by molar-refractivity contribution is -0.121. The van der Waals surface area contributed by atoms with Crippen LogP contribution in [0.25, 0.3) is 0 Å². The fraction of sp³-hybridized carbons (Fsp3) is 0.448. The molecule has 0 aliphatic carbocycles. The number of aromatic hydroxyl groups is 2. The molecule has 10 heteroatoms. The van der Waals surface area contributed by atoms with Gasteiger partial charge in [0.2, 0.25) is 11.8 Å². The molecule has 0 bridgehead atoms. The standard InChI is InChI=1S/C29H42N6O4/c1-5-34(6-2)24-16-14-22(26(36)18-24)20-30-32-28(38)12-10-9-11-13-29(39)33-31-21-23-15-17-25(19-27(23)37)35(7-3)8-4/h14-21,36-37H,5-13H2,1-4H3,(H,32,38)(H,33,39)/b30-20-,31-21-. The average molecular weight is 539 g/mol. The summed E-state index contributed by atoms with van der Waals surface area (Å²) in [7, 11) is 0. The number of hydrogen-bond donors (Lipinski definition) is 4. The number of carbonyl (C=O) groups excluding carboxylic acids is 2. The zero-order valence-electron chi connectivity index (χ0n) is 23.5. The molecule has 0 spiro atoms. The van der Waals surface area contributed by atoms with E-state index in [9.17, 15) is 19.8 Å². The fourth-order valence-electron chi connectivity index (χ4n) is 4.06. The lowest BCUT2D eigenvalue weighted by Gasteiger charge is -2.21. The second-order valence-electron chi connectivity index (χ2n) is 8.98. The van der Waals surface area contributed by atoms with E-state index in [1.165, 1.54) is 12.4 Å². The van der Waals surface area contributed by atoms with E-state index in [4.69, 9.17) is 0 Å². The van der Waals surface area contributed by atoms with E-state index in [1.807, 2.05) is 12.1 Å². The van der Waals surface area contributed by atoms with Crippen LogP contribution in [0.3, 0.4) is 0 Å². The Labute approximate surface area is 231 Å². The molecule has 2 amide bonds. The van der Waals surface area contributed by atoms with E-state index in [2.05, 4.69) is 58.5 Å². The number of nitrogens with one attached hydrogen (secondary N) is 2. The third-order valence-corrected chi connectivity index (χ3v) is 6.38. The number of unbranched alkanes of at least 4 members (excludes halogenated alkanes) is 2. The van der Waals surface area contributed by atoms with Crippen LogP contribution in [-0.4, -0.2) is 60.6 Å². The van der Waals surface area contributed by atoms with E-state index < -0.39 is 0 Å². The van der Waals surface area contributed by atoms with E-state index in [0.717, 1.165) is 37.6 Å². The molecule has 0 heterocycles. The monoisotopic (exact) mass is 538 g/mol. The largest absolute Gasteiger partial charge is 0.507 e. The number of hydrogen-bond acceptors (Lipinski definition) is 8. The first-order valence-corrected chi connectivity index (χ1v) is 13.6. The second kappa shape index (κ2) is 16.7. The van der Waals surface area contributed by atoms with Crippen LogP contribution in [0.1, 0.15) is 70.9 Å². The summed E-state index contributed by atoms with van der Waals surface area (Å²) in [6.45, 7) is 11.6. The highest BCUT2D eigenvalue weighted by Gasteiger charge is 2.08. The normalized spacial score (nSPS) is 11.2. The number of phenolic OH excluding ortho intramolecular Hbond substituents is 2. The summed E-state index contributed by atoms with van der Waals surface area (Å²) >= 11 is 0. The minimum Gasteiger partial charge on any atom is -0.507 e. The van der Waals surface area contributed by atoms with Gasteiger partial charge in [-0.2, -0.15) is 10.2 Å². The van der Waals surface area contributed by atoms with Gasteiger partial charge in [-0.1, -0.05) is 6.42 Å². The van der Waals surface area contributed by atoms with Crippen molar-refractivity contribution < 1.29 is 19.8 Å². The van der Waals surface area contributed by atoms with Gasteiger partial charge in [-0.05, 0) is 64.8 Å². The Kier molecular flexibility index (Phi) is 13.3. The Hall–Kier alpha value is -4.08. The van der Waals surface area contributed by atoms with Crippen molar-refractivity contribution in [1.82, 2.24) is 10.9 Å². The quantitative estimate of drug-likeness (QED) is 0.143. The molecule has 4 N–H and O–H groups in total. The van der Waals surface area contributed by atoms with Crippen molar-refractivity contribution in [2.24, 2.45) is 10.2 Å². The molecule has 0 fully saturated rings. The van der Waals surface area contributed by atoms with Gasteiger partial charge in [0, 0.05) is 73.7 Å². The Balaban J connectivity index is 1.65. The van der Waals surface area contributed by atoms with Crippen molar-refractivity contribution in [3.05, 3.63) is 47.5 Å². The van der Waals surface area contributed by atoms with Crippen LogP contribution in [0, 0.1) is 0 Å². The molecule has 0 aromatic heterocycles. The van der Waals surface area contributed by atoms with Gasteiger partial charge in [-0.25, -0.2) is 10.9 Å². The molecule has 0 atom stereocenters. The molecule has 0 saturated carbocycles. The number of hydrazone groups is 2. The fourth-order valence-corrected chi connectivity index (χ4v) is 4.06. The molecule has 10 nitrogen and oxygen atoms in total. The van der Waals surface area contributed by atoms with Gasteiger partial charge in [-0.15, -0.1) is 0 Å². The topological polar surface area (TPSA) is 130 Å². The van der Waals surface area contributed by atoms with Crippen LogP contribution in [0.5, 0.6) is 11.5 Å². The third-order valence-electron chi connectivity index (χ3n) is 6.38. The lowest BCUT2D eigenvalue weighted by Crippen LogP contribution is -2.21. The number of anilines is 2.